The second kappa shape index (κ2) is 10.2. The van der Waals surface area contributed by atoms with Crippen LogP contribution in [0.1, 0.15) is 26.3 Å². The summed E-state index contributed by atoms with van der Waals surface area (Å²) < 4.78 is 0. The van der Waals surface area contributed by atoms with Crippen LogP contribution in [-0.4, -0.2) is 23.8 Å². The highest BCUT2D eigenvalue weighted by Gasteiger charge is 2.22. The van der Waals surface area contributed by atoms with Crippen LogP contribution in [0.3, 0.4) is 0 Å². The summed E-state index contributed by atoms with van der Waals surface area (Å²) in [6, 6.07) is 23.2. The lowest BCUT2D eigenvalue weighted by molar-refractivity contribution is -0.123. The smallest absolute Gasteiger partial charge is 0.269 e. The van der Waals surface area contributed by atoms with E-state index in [-0.39, 0.29) is 6.42 Å². The van der Waals surface area contributed by atoms with Crippen LogP contribution in [0.15, 0.2) is 84.9 Å². The van der Waals surface area contributed by atoms with Gasteiger partial charge in [-0.2, -0.15) is 0 Å². The van der Waals surface area contributed by atoms with E-state index < -0.39 is 23.8 Å². The van der Waals surface area contributed by atoms with Crippen molar-refractivity contribution in [2.75, 3.05) is 0 Å². The fraction of sp³-hybridized carbons (Fsp3) is 0.0870. The van der Waals surface area contributed by atoms with Gasteiger partial charge in [-0.05, 0) is 42.0 Å². The Balaban J connectivity index is 1.69. The van der Waals surface area contributed by atoms with Crippen molar-refractivity contribution in [3.63, 3.8) is 0 Å². The second-order valence-corrected chi connectivity index (χ2v) is 6.97. The Morgan fingerprint density at radius 3 is 1.90 bits per heavy atom. The third kappa shape index (κ3) is 5.93. The first-order valence-corrected chi connectivity index (χ1v) is 9.66. The number of hydrazine groups is 1. The molecule has 0 radical (unpaired) electrons. The topological polar surface area (TPSA) is 87.3 Å². The average Bonchev–Trinajstić information content (AvgIpc) is 2.78. The number of carbonyl (C=O) groups is 3. The third-order valence-electron chi connectivity index (χ3n) is 4.35. The van der Waals surface area contributed by atoms with Crippen LogP contribution in [0.25, 0.3) is 0 Å². The van der Waals surface area contributed by atoms with Crippen molar-refractivity contribution in [3.8, 4) is 0 Å². The minimum Gasteiger partial charge on any atom is -0.340 e. The quantitative estimate of drug-likeness (QED) is 0.534. The first-order valence-electron chi connectivity index (χ1n) is 9.28. The maximum Gasteiger partial charge on any atom is 0.269 e. The minimum atomic E-state index is -0.897. The van der Waals surface area contributed by atoms with Gasteiger partial charge in [-0.1, -0.05) is 60.1 Å². The average molecular weight is 422 g/mol. The number of nitrogens with one attached hydrogen (secondary N) is 3. The van der Waals surface area contributed by atoms with E-state index in [1.54, 1.807) is 54.6 Å². The Hall–Kier alpha value is -3.64. The molecule has 30 heavy (non-hydrogen) atoms. The fourth-order valence-corrected chi connectivity index (χ4v) is 2.90. The van der Waals surface area contributed by atoms with E-state index in [4.69, 9.17) is 11.6 Å². The molecule has 0 aliphatic heterocycles. The lowest BCUT2D eigenvalue weighted by Crippen LogP contribution is -2.53. The molecule has 0 aliphatic rings. The summed E-state index contributed by atoms with van der Waals surface area (Å²) in [6.45, 7) is 0. The first kappa shape index (κ1) is 21.1. The lowest BCUT2D eigenvalue weighted by atomic mass is 10.0. The normalized spacial score (nSPS) is 11.2. The lowest BCUT2D eigenvalue weighted by Gasteiger charge is -2.19. The highest BCUT2D eigenvalue weighted by Crippen LogP contribution is 2.10. The molecule has 152 valence electrons. The summed E-state index contributed by atoms with van der Waals surface area (Å²) in [7, 11) is 0. The molecule has 0 saturated heterocycles. The van der Waals surface area contributed by atoms with Gasteiger partial charge in [0, 0.05) is 22.6 Å². The molecule has 0 aliphatic carbocycles. The SMILES string of the molecule is O=C(NNC(=O)C(Cc1ccccc1)NC(=O)c1ccc(Cl)cc1)c1ccccc1. The fourth-order valence-electron chi connectivity index (χ4n) is 2.77. The summed E-state index contributed by atoms with van der Waals surface area (Å²) in [5.74, 6) is -1.41. The zero-order valence-corrected chi connectivity index (χ0v) is 16.7. The Bertz CT molecular complexity index is 1010. The highest BCUT2D eigenvalue weighted by atomic mass is 35.5. The van der Waals surface area contributed by atoms with E-state index in [1.165, 1.54) is 0 Å². The molecule has 3 aromatic carbocycles. The molecule has 3 aromatic rings. The maximum atomic E-state index is 12.7. The minimum absolute atomic E-state index is 0.257. The van der Waals surface area contributed by atoms with Gasteiger partial charge in [0.1, 0.15) is 6.04 Å². The molecule has 3 N–H and O–H groups in total. The summed E-state index contributed by atoms with van der Waals surface area (Å²) in [5.41, 5.74) is 6.41. The highest BCUT2D eigenvalue weighted by molar-refractivity contribution is 6.30. The van der Waals surface area contributed by atoms with Gasteiger partial charge in [-0.3, -0.25) is 25.2 Å². The van der Waals surface area contributed by atoms with Gasteiger partial charge < -0.3 is 5.32 Å². The number of carbonyl (C=O) groups excluding carboxylic acids is 3. The Labute approximate surface area is 179 Å². The van der Waals surface area contributed by atoms with Crippen molar-refractivity contribution in [3.05, 3.63) is 107 Å². The van der Waals surface area contributed by atoms with Gasteiger partial charge >= 0.3 is 0 Å². The van der Waals surface area contributed by atoms with Crippen LogP contribution in [0, 0.1) is 0 Å². The van der Waals surface area contributed by atoms with Crippen LogP contribution in [0.4, 0.5) is 0 Å². The molecule has 0 heterocycles. The molecule has 0 aromatic heterocycles. The predicted octanol–water partition coefficient (Wildman–Crippen LogP) is 3.14. The largest absolute Gasteiger partial charge is 0.340 e. The molecule has 3 rings (SSSR count). The van der Waals surface area contributed by atoms with Gasteiger partial charge in [0.05, 0.1) is 0 Å². The molecule has 0 bridgehead atoms. The Morgan fingerprint density at radius 2 is 1.27 bits per heavy atom. The van der Waals surface area contributed by atoms with Crippen molar-refractivity contribution < 1.29 is 14.4 Å². The molecular weight excluding hydrogens is 402 g/mol. The van der Waals surface area contributed by atoms with Crippen molar-refractivity contribution in [2.24, 2.45) is 0 Å². The number of hydrogen-bond donors (Lipinski definition) is 3. The van der Waals surface area contributed by atoms with Gasteiger partial charge in [0.2, 0.25) is 0 Å². The van der Waals surface area contributed by atoms with Crippen LogP contribution in [0.2, 0.25) is 5.02 Å². The molecule has 0 saturated carbocycles. The van der Waals surface area contributed by atoms with Crippen LogP contribution in [-0.2, 0) is 11.2 Å². The predicted molar refractivity (Wildman–Crippen MR) is 115 cm³/mol. The zero-order valence-electron chi connectivity index (χ0n) is 16.0. The molecule has 0 spiro atoms. The van der Waals surface area contributed by atoms with Crippen molar-refractivity contribution in [2.45, 2.75) is 12.5 Å². The molecule has 1 unspecified atom stereocenters. The summed E-state index contributed by atoms with van der Waals surface area (Å²) >= 11 is 5.87. The van der Waals surface area contributed by atoms with Gasteiger partial charge in [0.25, 0.3) is 17.7 Å². The van der Waals surface area contributed by atoms with E-state index in [2.05, 4.69) is 16.2 Å². The molecule has 3 amide bonds. The second-order valence-electron chi connectivity index (χ2n) is 6.53. The summed E-state index contributed by atoms with van der Waals surface area (Å²) in [4.78, 5) is 37.5. The number of rotatable bonds is 6. The van der Waals surface area contributed by atoms with E-state index in [1.807, 2.05) is 30.3 Å². The first-order chi connectivity index (χ1) is 14.5. The molecule has 1 atom stereocenters. The van der Waals surface area contributed by atoms with E-state index in [9.17, 15) is 14.4 Å². The molecule has 0 fully saturated rings. The third-order valence-corrected chi connectivity index (χ3v) is 4.60. The zero-order chi connectivity index (χ0) is 21.3. The van der Waals surface area contributed by atoms with Crippen LogP contribution < -0.4 is 16.2 Å². The maximum absolute atomic E-state index is 12.7. The van der Waals surface area contributed by atoms with Crippen molar-refractivity contribution in [1.29, 1.82) is 0 Å². The van der Waals surface area contributed by atoms with E-state index in [0.29, 0.717) is 16.1 Å². The standard InChI is InChI=1S/C23H20ClN3O3/c24-19-13-11-18(12-14-19)21(28)25-20(15-16-7-3-1-4-8-16)23(30)27-26-22(29)17-9-5-2-6-10-17/h1-14,20H,15H2,(H,25,28)(H,26,29)(H,27,30). The summed E-state index contributed by atoms with van der Waals surface area (Å²) in [6.07, 6.45) is 0.257. The molecular formula is C23H20ClN3O3. The Morgan fingerprint density at radius 1 is 0.700 bits per heavy atom. The monoisotopic (exact) mass is 421 g/mol. The van der Waals surface area contributed by atoms with Gasteiger partial charge in [-0.25, -0.2) is 0 Å². The van der Waals surface area contributed by atoms with E-state index >= 15 is 0 Å². The van der Waals surface area contributed by atoms with Gasteiger partial charge in [0.15, 0.2) is 0 Å². The summed E-state index contributed by atoms with van der Waals surface area (Å²) in [5, 5.41) is 3.23. The van der Waals surface area contributed by atoms with Crippen molar-refractivity contribution >= 4 is 29.3 Å². The molecule has 6 nitrogen and oxygen atoms in total. The number of amides is 3. The van der Waals surface area contributed by atoms with Crippen LogP contribution in [0.5, 0.6) is 0 Å². The number of halogens is 1. The molecule has 7 heteroatoms. The van der Waals surface area contributed by atoms with Gasteiger partial charge in [-0.15, -0.1) is 0 Å². The Kier molecular flexibility index (Phi) is 7.19. The number of hydrogen-bond acceptors (Lipinski definition) is 3. The van der Waals surface area contributed by atoms with E-state index in [0.717, 1.165) is 5.56 Å². The number of benzene rings is 3. The van der Waals surface area contributed by atoms with Crippen molar-refractivity contribution in [1.82, 2.24) is 16.2 Å². The van der Waals surface area contributed by atoms with Crippen LogP contribution >= 0.6 is 11.6 Å².